The number of Topliss-reactive ketones (excluding diaryl/α,β-unsaturated/α-hetero) is 2. The Labute approximate surface area is 333 Å². The van der Waals surface area contributed by atoms with E-state index in [4.69, 9.17) is 13.1 Å². The average molecular weight is 761 g/mol. The zero-order valence-corrected chi connectivity index (χ0v) is 32.1. The number of allylic oxidation sites excluding steroid dienone is 10. The van der Waals surface area contributed by atoms with Crippen molar-refractivity contribution in [2.24, 2.45) is 0 Å². The maximum atomic E-state index is 14.0. The largest absolute Gasteiger partial charge is 0.289 e. The molecule has 2 heterocycles. The Morgan fingerprint density at radius 3 is 1.34 bits per heavy atom. The number of carbonyl (C=O) groups excluding carboxylic acids is 2. The lowest BCUT2D eigenvalue weighted by atomic mass is 9.66. The van der Waals surface area contributed by atoms with Crippen LogP contribution in [-0.4, -0.2) is 11.6 Å². The number of carbonyl (C=O) groups is 2. The molecule has 6 aliphatic carbocycles. The van der Waals surface area contributed by atoms with Crippen molar-refractivity contribution in [3.05, 3.63) is 160 Å². The van der Waals surface area contributed by atoms with Crippen LogP contribution in [0.2, 0.25) is 0 Å². The number of nitriles is 2. The normalized spacial score (nSPS) is 22.9. The summed E-state index contributed by atoms with van der Waals surface area (Å²) in [4.78, 5) is 37.6. The molecule has 8 heteroatoms. The Hall–Kier alpha value is -6.16. The molecule has 0 bridgehead atoms. The monoisotopic (exact) mass is 760 g/mol. The van der Waals surface area contributed by atoms with Crippen LogP contribution >= 0.6 is 22.7 Å². The topological polar surface area (TPSA) is 90.4 Å². The number of thiophene rings is 2. The van der Waals surface area contributed by atoms with E-state index in [0.717, 1.165) is 75.4 Å². The first-order chi connectivity index (χ1) is 27.4. The third-order valence-corrected chi connectivity index (χ3v) is 15.5. The Bertz CT molecular complexity index is 2670. The fraction of sp³-hybridized carbons (Fsp3) is 0.250. The Morgan fingerprint density at radius 2 is 0.982 bits per heavy atom. The molecule has 6 nitrogen and oxygen atoms in total. The minimum atomic E-state index is -0.272. The predicted octanol–water partition coefficient (Wildman–Crippen LogP) is 12.1. The molecule has 0 aliphatic heterocycles. The van der Waals surface area contributed by atoms with Crippen LogP contribution in [0.15, 0.2) is 94.4 Å². The van der Waals surface area contributed by atoms with Crippen molar-refractivity contribution >= 4 is 66.9 Å². The van der Waals surface area contributed by atoms with Gasteiger partial charge in [0.2, 0.25) is 0 Å². The zero-order valence-electron chi connectivity index (χ0n) is 30.4. The molecule has 2 aromatic heterocycles. The third-order valence-electron chi connectivity index (χ3n) is 13.0. The summed E-state index contributed by atoms with van der Waals surface area (Å²) in [6, 6.07) is 18.7. The molecule has 2 aromatic carbocycles. The SMILES string of the molecule is [C-]#[N+]C(C#N)=C1/C(=C/C2=Cc3sc4c5c(sc4c3C23CCCCC3)C=C(/C=C2\C(=O)c3ccccc3\C2=C(\C#N)[N+]#[C-])C52CCCCC2)C(=O)c2ccccc21. The van der Waals surface area contributed by atoms with E-state index in [0.29, 0.717) is 44.5 Å². The van der Waals surface area contributed by atoms with E-state index in [1.165, 1.54) is 30.3 Å². The maximum absolute atomic E-state index is 14.0. The van der Waals surface area contributed by atoms with Crippen molar-refractivity contribution in [3.8, 4) is 12.1 Å². The van der Waals surface area contributed by atoms with Gasteiger partial charge in [-0.2, -0.15) is 0 Å². The van der Waals surface area contributed by atoms with Crippen LogP contribution < -0.4 is 0 Å². The first-order valence-electron chi connectivity index (χ1n) is 19.2. The van der Waals surface area contributed by atoms with Crippen molar-refractivity contribution in [3.63, 3.8) is 0 Å². The summed E-state index contributed by atoms with van der Waals surface area (Å²) in [5.41, 5.74) is 8.40. The Balaban J connectivity index is 1.14. The number of benzene rings is 2. The summed E-state index contributed by atoms with van der Waals surface area (Å²) >= 11 is 3.68. The minimum Gasteiger partial charge on any atom is -0.289 e. The van der Waals surface area contributed by atoms with Crippen LogP contribution in [-0.2, 0) is 10.8 Å². The molecule has 2 spiro atoms. The number of fused-ring (bicyclic) bond motifs is 9. The maximum Gasteiger partial charge on any atom is 0.270 e. The molecule has 56 heavy (non-hydrogen) atoms. The molecule has 0 amide bonds. The quantitative estimate of drug-likeness (QED) is 0.116. The molecule has 10 rings (SSSR count). The summed E-state index contributed by atoms with van der Waals surface area (Å²) in [5, 5.41) is 20.0. The molecule has 268 valence electrons. The van der Waals surface area contributed by atoms with E-state index < -0.39 is 0 Å². The van der Waals surface area contributed by atoms with Gasteiger partial charge in [0.05, 0.1) is 34.7 Å². The molecule has 0 radical (unpaired) electrons. The summed E-state index contributed by atoms with van der Waals surface area (Å²) in [5.74, 6) is -0.277. The fourth-order valence-corrected chi connectivity index (χ4v) is 13.8. The van der Waals surface area contributed by atoms with Crippen LogP contribution in [0.5, 0.6) is 0 Å². The number of hydrogen-bond donors (Lipinski definition) is 0. The second-order valence-electron chi connectivity index (χ2n) is 15.6. The molecular weight excluding hydrogens is 729 g/mol. The van der Waals surface area contributed by atoms with E-state index in [2.05, 4.69) is 34.0 Å². The summed E-state index contributed by atoms with van der Waals surface area (Å²) in [6.45, 7) is 15.6. The predicted molar refractivity (Wildman–Crippen MR) is 221 cm³/mol. The molecular formula is C48H32N4O2S2. The highest BCUT2D eigenvalue weighted by molar-refractivity contribution is 7.29. The van der Waals surface area contributed by atoms with Gasteiger partial charge in [-0.25, -0.2) is 20.2 Å². The van der Waals surface area contributed by atoms with Gasteiger partial charge in [0.1, 0.15) is 0 Å². The summed E-state index contributed by atoms with van der Waals surface area (Å²) in [7, 11) is 0. The van der Waals surface area contributed by atoms with Crippen molar-refractivity contribution < 1.29 is 9.59 Å². The van der Waals surface area contributed by atoms with Gasteiger partial charge in [-0.15, -0.1) is 22.7 Å². The van der Waals surface area contributed by atoms with Gasteiger partial charge in [0.25, 0.3) is 11.4 Å². The molecule has 2 saturated carbocycles. The highest BCUT2D eigenvalue weighted by atomic mass is 32.1. The minimum absolute atomic E-state index is 0.0586. The molecule has 0 N–H and O–H groups in total. The number of hydrogen-bond acceptors (Lipinski definition) is 6. The van der Waals surface area contributed by atoms with Gasteiger partial charge >= 0.3 is 0 Å². The third kappa shape index (κ3) is 4.55. The molecule has 2 fully saturated rings. The van der Waals surface area contributed by atoms with E-state index >= 15 is 0 Å². The van der Waals surface area contributed by atoms with E-state index in [-0.39, 0.29) is 33.8 Å². The van der Waals surface area contributed by atoms with Gasteiger partial charge in [-0.05, 0) is 83.4 Å². The molecule has 0 atom stereocenters. The standard InChI is InChI=1S/C48H32N4O2S2/c1-51-35(25-49)39-29-13-5-7-15-31(29)43(53)33(39)21-27-23-37-41(47(27)17-9-3-10-18-47)45-46(55-37)42-38(56-45)24-28(48(42)19-11-4-12-20-48)22-34-40(36(26-50)52-2)30-14-6-8-16-32(30)44(34)54/h5-8,13-16,21-24H,3-4,9-12,17-20H2/b33-21-,34-22-,39-35+,40-36?. The summed E-state index contributed by atoms with van der Waals surface area (Å²) in [6.07, 6.45) is 19.1. The smallest absolute Gasteiger partial charge is 0.270 e. The van der Waals surface area contributed by atoms with E-state index in [9.17, 15) is 20.1 Å². The van der Waals surface area contributed by atoms with Crippen molar-refractivity contribution in [1.82, 2.24) is 0 Å². The Kier molecular flexibility index (Phi) is 7.78. The molecule has 4 aromatic rings. The number of rotatable bonds is 2. The molecule has 0 unspecified atom stereocenters. The van der Waals surface area contributed by atoms with Gasteiger partial charge in [-0.3, -0.25) is 9.59 Å². The van der Waals surface area contributed by atoms with Crippen LogP contribution in [0, 0.1) is 35.8 Å². The number of nitrogens with zero attached hydrogens (tertiary/aromatic N) is 4. The van der Waals surface area contributed by atoms with Crippen molar-refractivity contribution in [2.75, 3.05) is 0 Å². The lowest BCUT2D eigenvalue weighted by Crippen LogP contribution is -2.29. The van der Waals surface area contributed by atoms with Crippen molar-refractivity contribution in [2.45, 2.75) is 75.0 Å². The molecule has 6 aliphatic rings. The van der Waals surface area contributed by atoms with Crippen LogP contribution in [0.4, 0.5) is 0 Å². The van der Waals surface area contributed by atoms with Gasteiger partial charge in [0.15, 0.2) is 11.6 Å². The average Bonchev–Trinajstić information content (AvgIpc) is 4.03. The first-order valence-corrected chi connectivity index (χ1v) is 20.8. The zero-order chi connectivity index (χ0) is 38.3. The highest BCUT2D eigenvalue weighted by Crippen LogP contribution is 2.64. The first kappa shape index (κ1) is 34.3. The van der Waals surface area contributed by atoms with E-state index in [1.54, 1.807) is 12.1 Å². The van der Waals surface area contributed by atoms with Crippen LogP contribution in [0.1, 0.15) is 117 Å². The van der Waals surface area contributed by atoms with Crippen LogP contribution in [0.25, 0.3) is 42.4 Å². The fourth-order valence-electron chi connectivity index (χ4n) is 10.6. The summed E-state index contributed by atoms with van der Waals surface area (Å²) < 4.78 is 2.63. The van der Waals surface area contributed by atoms with Gasteiger partial charge in [-0.1, -0.05) is 87.1 Å². The lowest BCUT2D eigenvalue weighted by molar-refractivity contribution is 0.103. The lowest BCUT2D eigenvalue weighted by Gasteiger charge is -2.37. The van der Waals surface area contributed by atoms with Crippen LogP contribution in [0.3, 0.4) is 0 Å². The second kappa shape index (κ2) is 12.7. The molecule has 0 saturated heterocycles. The van der Waals surface area contributed by atoms with Crippen molar-refractivity contribution in [1.29, 1.82) is 10.5 Å². The van der Waals surface area contributed by atoms with E-state index in [1.807, 2.05) is 71.2 Å². The number of ketones is 2. The second-order valence-corrected chi connectivity index (χ2v) is 17.7. The Morgan fingerprint density at radius 1 is 0.607 bits per heavy atom. The van der Waals surface area contributed by atoms with Gasteiger partial charge < -0.3 is 0 Å². The highest BCUT2D eigenvalue weighted by Gasteiger charge is 2.50. The van der Waals surface area contributed by atoms with Gasteiger partial charge in [0, 0.05) is 54.0 Å².